The number of hydrogen-bond acceptors (Lipinski definition) is 7. The minimum Gasteiger partial charge on any atom is -0.493 e. The third kappa shape index (κ3) is 8.12. The Morgan fingerprint density at radius 3 is 2.19 bits per heavy atom. The number of unbranched alkanes of at least 4 members (excludes halogenated alkanes) is 6. The Kier molecular flexibility index (Phi) is 12.0. The summed E-state index contributed by atoms with van der Waals surface area (Å²) in [5.41, 5.74) is 1.74. The van der Waals surface area contributed by atoms with Crippen LogP contribution >= 0.6 is 0 Å². The Balaban J connectivity index is 2.04. The van der Waals surface area contributed by atoms with Crippen molar-refractivity contribution < 1.29 is 32.3 Å². The number of fused-ring (bicyclic) bond motifs is 1. The topological polar surface area (TPSA) is 119 Å². The van der Waals surface area contributed by atoms with Crippen LogP contribution in [0.15, 0.2) is 30.3 Å². The van der Waals surface area contributed by atoms with Crippen molar-refractivity contribution in [3.63, 3.8) is 0 Å². The lowest BCUT2D eigenvalue weighted by Gasteiger charge is -2.27. The van der Waals surface area contributed by atoms with E-state index in [1.54, 1.807) is 37.3 Å². The van der Waals surface area contributed by atoms with E-state index in [-0.39, 0.29) is 29.1 Å². The fraction of sp³-hybridized carbons (Fsp3) is 0.531. The molecule has 42 heavy (non-hydrogen) atoms. The van der Waals surface area contributed by atoms with Gasteiger partial charge in [-0.25, -0.2) is 8.42 Å². The van der Waals surface area contributed by atoms with E-state index in [0.29, 0.717) is 30.1 Å². The number of nitrogens with one attached hydrogen (secondary N) is 1. The Bertz CT molecular complexity index is 1390. The molecular weight excluding hydrogens is 556 g/mol. The molecule has 2 aromatic rings. The van der Waals surface area contributed by atoms with Crippen molar-refractivity contribution in [1.82, 2.24) is 4.90 Å². The van der Waals surface area contributed by atoms with Crippen molar-refractivity contribution in [1.29, 1.82) is 0 Å². The first-order valence-corrected chi connectivity index (χ1v) is 16.9. The zero-order valence-electron chi connectivity index (χ0n) is 25.5. The number of imide groups is 1. The third-order valence-corrected chi connectivity index (χ3v) is 8.37. The second-order valence-electron chi connectivity index (χ2n) is 10.7. The molecular formula is C32H44N2O7S. The van der Waals surface area contributed by atoms with E-state index in [1.807, 2.05) is 6.92 Å². The predicted octanol–water partition coefficient (Wildman–Crippen LogP) is 6.12. The van der Waals surface area contributed by atoms with Crippen molar-refractivity contribution in [2.24, 2.45) is 0 Å². The Morgan fingerprint density at radius 1 is 0.905 bits per heavy atom. The van der Waals surface area contributed by atoms with Crippen LogP contribution in [-0.2, 0) is 21.1 Å². The summed E-state index contributed by atoms with van der Waals surface area (Å²) in [6.45, 7) is 6.03. The fourth-order valence-electron chi connectivity index (χ4n) is 5.33. The van der Waals surface area contributed by atoms with Crippen LogP contribution in [0.2, 0.25) is 0 Å². The standard InChI is InChI=1S/C32H44N2O7S/c1-6-9-10-11-12-13-14-15-22-16-18-24(33-28(35)7-2)30-29(22)31(36)34(32(30)37)25(21-42(5,38)39)23-17-19-26(40-4)27(20-23)41-8-3/h16-20,25H,6-15,21H2,1-5H3,(H,33,35)/t25-/m1/s1. The molecule has 0 aliphatic carbocycles. The Morgan fingerprint density at radius 2 is 1.57 bits per heavy atom. The minimum atomic E-state index is -3.64. The quantitative estimate of drug-likeness (QED) is 0.172. The number of carbonyl (C=O) groups excluding carboxylic acids is 3. The highest BCUT2D eigenvalue weighted by atomic mass is 32.2. The monoisotopic (exact) mass is 600 g/mol. The van der Waals surface area contributed by atoms with Crippen LogP contribution in [0.25, 0.3) is 0 Å². The van der Waals surface area contributed by atoms with E-state index in [2.05, 4.69) is 12.2 Å². The zero-order valence-corrected chi connectivity index (χ0v) is 26.3. The molecule has 3 amide bonds. The summed E-state index contributed by atoms with van der Waals surface area (Å²) in [6, 6.07) is 7.23. The second-order valence-corrected chi connectivity index (χ2v) is 12.9. The van der Waals surface area contributed by atoms with Crippen LogP contribution in [0.1, 0.15) is 110 Å². The molecule has 1 aliphatic heterocycles. The highest BCUT2D eigenvalue weighted by Gasteiger charge is 2.44. The fourth-order valence-corrected chi connectivity index (χ4v) is 6.24. The molecule has 0 radical (unpaired) electrons. The van der Waals surface area contributed by atoms with Gasteiger partial charge in [-0.15, -0.1) is 0 Å². The van der Waals surface area contributed by atoms with Crippen molar-refractivity contribution in [2.75, 3.05) is 31.0 Å². The lowest BCUT2D eigenvalue weighted by Crippen LogP contribution is -2.38. The van der Waals surface area contributed by atoms with Gasteiger partial charge in [0.2, 0.25) is 5.91 Å². The maximum atomic E-state index is 14.1. The van der Waals surface area contributed by atoms with Crippen molar-refractivity contribution >= 4 is 33.2 Å². The van der Waals surface area contributed by atoms with E-state index in [1.165, 1.54) is 26.4 Å². The number of methoxy groups -OCH3 is 1. The van der Waals surface area contributed by atoms with Crippen molar-refractivity contribution in [2.45, 2.75) is 84.6 Å². The Labute approximate surface area is 249 Å². The summed E-state index contributed by atoms with van der Waals surface area (Å²) in [5.74, 6) is -1.14. The molecule has 0 fully saturated rings. The molecule has 0 spiro atoms. The largest absolute Gasteiger partial charge is 0.493 e. The number of sulfone groups is 1. The van der Waals surface area contributed by atoms with Gasteiger partial charge in [-0.2, -0.15) is 0 Å². The smallest absolute Gasteiger partial charge is 0.264 e. The molecule has 0 saturated carbocycles. The second kappa shape index (κ2) is 15.2. The van der Waals surface area contributed by atoms with E-state index in [4.69, 9.17) is 9.47 Å². The van der Waals surface area contributed by atoms with Gasteiger partial charge in [0, 0.05) is 12.7 Å². The number of benzene rings is 2. The molecule has 1 aliphatic rings. The van der Waals surface area contributed by atoms with Crippen molar-refractivity contribution in [3.8, 4) is 11.5 Å². The summed E-state index contributed by atoms with van der Waals surface area (Å²) >= 11 is 0. The van der Waals surface area contributed by atoms with Crippen molar-refractivity contribution in [3.05, 3.63) is 52.6 Å². The van der Waals surface area contributed by atoms with Crippen LogP contribution in [-0.4, -0.2) is 56.8 Å². The number of rotatable bonds is 17. The first-order chi connectivity index (χ1) is 20.1. The molecule has 1 atom stereocenters. The SMILES string of the molecule is CCCCCCCCCc1ccc(NC(=O)CC)c2c1C(=O)N([C@H](CS(C)(=O)=O)c1ccc(OC)c(OCC)c1)C2=O. The van der Waals surface area contributed by atoms with Crippen LogP contribution in [0.5, 0.6) is 11.5 Å². The molecule has 3 rings (SSSR count). The number of anilines is 1. The van der Waals surface area contributed by atoms with E-state index in [0.717, 1.165) is 42.4 Å². The maximum Gasteiger partial charge on any atom is 0.264 e. The van der Waals surface area contributed by atoms with E-state index >= 15 is 0 Å². The number of aryl methyl sites for hydroxylation is 1. The molecule has 0 bridgehead atoms. The number of ether oxygens (including phenoxy) is 2. The number of hydrogen-bond donors (Lipinski definition) is 1. The molecule has 0 aromatic heterocycles. The number of amides is 3. The van der Waals surface area contributed by atoms with Gasteiger partial charge in [-0.05, 0) is 49.1 Å². The van der Waals surface area contributed by atoms with Gasteiger partial charge < -0.3 is 14.8 Å². The lowest BCUT2D eigenvalue weighted by molar-refractivity contribution is -0.115. The summed E-state index contributed by atoms with van der Waals surface area (Å²) in [7, 11) is -2.15. The zero-order chi connectivity index (χ0) is 30.9. The van der Waals surface area contributed by atoms with Gasteiger partial charge in [0.1, 0.15) is 9.84 Å². The van der Waals surface area contributed by atoms with Gasteiger partial charge in [-0.1, -0.05) is 64.5 Å². The average molecular weight is 601 g/mol. The molecule has 1 N–H and O–H groups in total. The summed E-state index contributed by atoms with van der Waals surface area (Å²) in [5, 5.41) is 2.76. The summed E-state index contributed by atoms with van der Waals surface area (Å²) < 4.78 is 36.3. The summed E-state index contributed by atoms with van der Waals surface area (Å²) in [4.78, 5) is 41.5. The molecule has 0 unspecified atom stereocenters. The molecule has 0 saturated heterocycles. The van der Waals surface area contributed by atoms with Gasteiger partial charge in [0.05, 0.1) is 42.3 Å². The van der Waals surface area contributed by atoms with Crippen LogP contribution in [0.4, 0.5) is 5.69 Å². The van der Waals surface area contributed by atoms with Crippen LogP contribution in [0.3, 0.4) is 0 Å². The lowest BCUT2D eigenvalue weighted by atomic mass is 9.96. The van der Waals surface area contributed by atoms with E-state index < -0.39 is 33.4 Å². The molecule has 230 valence electrons. The van der Waals surface area contributed by atoms with Crippen LogP contribution < -0.4 is 14.8 Å². The number of nitrogens with zero attached hydrogens (tertiary/aromatic N) is 1. The van der Waals surface area contributed by atoms with Crippen LogP contribution in [0, 0.1) is 0 Å². The molecule has 9 nitrogen and oxygen atoms in total. The third-order valence-electron chi connectivity index (χ3n) is 7.45. The van der Waals surface area contributed by atoms with Gasteiger partial charge >= 0.3 is 0 Å². The van der Waals surface area contributed by atoms with Gasteiger partial charge in [0.25, 0.3) is 11.8 Å². The maximum absolute atomic E-state index is 14.1. The van der Waals surface area contributed by atoms with E-state index in [9.17, 15) is 22.8 Å². The Hall–Kier alpha value is -3.40. The predicted molar refractivity (Wildman–Crippen MR) is 164 cm³/mol. The van der Waals surface area contributed by atoms with Gasteiger partial charge in [-0.3, -0.25) is 19.3 Å². The molecule has 1 heterocycles. The number of carbonyl (C=O) groups is 3. The minimum absolute atomic E-state index is 0.110. The highest BCUT2D eigenvalue weighted by Crippen LogP contribution is 2.40. The molecule has 10 heteroatoms. The first kappa shape index (κ1) is 33.1. The summed E-state index contributed by atoms with van der Waals surface area (Å²) in [6.07, 6.45) is 9.60. The average Bonchev–Trinajstić information content (AvgIpc) is 3.22. The molecule has 2 aromatic carbocycles. The van der Waals surface area contributed by atoms with Gasteiger partial charge in [0.15, 0.2) is 11.5 Å². The highest BCUT2D eigenvalue weighted by molar-refractivity contribution is 7.90. The normalized spacial score (nSPS) is 13.7. The first-order valence-electron chi connectivity index (χ1n) is 14.9.